The summed E-state index contributed by atoms with van der Waals surface area (Å²) >= 11 is 0. The Morgan fingerprint density at radius 1 is 1.54 bits per heavy atom. The molecule has 1 fully saturated rings. The van der Waals surface area contributed by atoms with E-state index in [4.69, 9.17) is 5.73 Å². The molecule has 0 unspecified atom stereocenters. The summed E-state index contributed by atoms with van der Waals surface area (Å²) in [6, 6.07) is 0.582. The normalized spacial score (nSPS) is 20.8. The zero-order chi connectivity index (χ0) is 9.26. The van der Waals surface area contributed by atoms with Crippen LogP contribution >= 0.6 is 0 Å². The highest BCUT2D eigenvalue weighted by molar-refractivity contribution is 4.95. The van der Waals surface area contributed by atoms with Gasteiger partial charge in [0, 0.05) is 6.04 Å². The summed E-state index contributed by atoms with van der Waals surface area (Å²) in [5.41, 5.74) is 5.80. The topological polar surface area (TPSA) is 56.7 Å². The van der Waals surface area contributed by atoms with Crippen molar-refractivity contribution >= 4 is 0 Å². The molecule has 0 radical (unpaired) electrons. The molecule has 0 spiro atoms. The van der Waals surface area contributed by atoms with Crippen LogP contribution in [0.2, 0.25) is 0 Å². The van der Waals surface area contributed by atoms with E-state index in [0.29, 0.717) is 6.04 Å². The molecule has 4 nitrogen and oxygen atoms in total. The molecule has 2 rings (SSSR count). The van der Waals surface area contributed by atoms with Crippen molar-refractivity contribution in [2.24, 2.45) is 5.73 Å². The van der Waals surface area contributed by atoms with Crippen molar-refractivity contribution in [1.29, 1.82) is 0 Å². The monoisotopic (exact) mass is 180 g/mol. The molecule has 1 aromatic heterocycles. The highest BCUT2D eigenvalue weighted by atomic mass is 15.3. The molecule has 1 aliphatic carbocycles. The summed E-state index contributed by atoms with van der Waals surface area (Å²) in [4.78, 5) is 0. The van der Waals surface area contributed by atoms with Crippen LogP contribution in [0.5, 0.6) is 0 Å². The average molecular weight is 180 g/mol. The van der Waals surface area contributed by atoms with Gasteiger partial charge in [-0.2, -0.15) is 0 Å². The van der Waals surface area contributed by atoms with Gasteiger partial charge >= 0.3 is 0 Å². The fraction of sp³-hybridized carbons (Fsp3) is 0.778. The third-order valence-corrected chi connectivity index (χ3v) is 2.73. The predicted molar refractivity (Wildman–Crippen MR) is 50.1 cm³/mol. The van der Waals surface area contributed by atoms with Crippen LogP contribution in [0.4, 0.5) is 0 Å². The van der Waals surface area contributed by atoms with Crippen molar-refractivity contribution in [3.8, 4) is 0 Å². The summed E-state index contributed by atoms with van der Waals surface area (Å²) < 4.78 is 2.15. The summed E-state index contributed by atoms with van der Waals surface area (Å²) in [7, 11) is 0. The van der Waals surface area contributed by atoms with Crippen molar-refractivity contribution in [1.82, 2.24) is 14.8 Å². The quantitative estimate of drug-likeness (QED) is 0.748. The van der Waals surface area contributed by atoms with Gasteiger partial charge in [-0.3, -0.25) is 0 Å². The lowest BCUT2D eigenvalue weighted by Crippen LogP contribution is -2.15. The minimum absolute atomic E-state index is 0.0110. The Bertz CT molecular complexity index is 273. The second kappa shape index (κ2) is 3.46. The Labute approximate surface area is 78.1 Å². The zero-order valence-corrected chi connectivity index (χ0v) is 7.98. The van der Waals surface area contributed by atoms with E-state index in [-0.39, 0.29) is 6.04 Å². The highest BCUT2D eigenvalue weighted by Gasteiger charge is 2.20. The minimum atomic E-state index is -0.0110. The second-order valence-corrected chi connectivity index (χ2v) is 3.82. The molecule has 1 aromatic rings. The van der Waals surface area contributed by atoms with E-state index in [1.54, 1.807) is 0 Å². The fourth-order valence-corrected chi connectivity index (χ4v) is 2.04. The molecule has 0 saturated heterocycles. The second-order valence-electron chi connectivity index (χ2n) is 3.82. The Hall–Kier alpha value is -0.900. The van der Waals surface area contributed by atoms with E-state index in [0.717, 1.165) is 5.82 Å². The summed E-state index contributed by atoms with van der Waals surface area (Å²) in [6.45, 7) is 1.95. The molecule has 2 N–H and O–H groups in total. The molecule has 13 heavy (non-hydrogen) atoms. The van der Waals surface area contributed by atoms with E-state index < -0.39 is 0 Å². The van der Waals surface area contributed by atoms with Crippen molar-refractivity contribution in [2.75, 3.05) is 0 Å². The van der Waals surface area contributed by atoms with Crippen molar-refractivity contribution < 1.29 is 0 Å². The van der Waals surface area contributed by atoms with Gasteiger partial charge in [-0.1, -0.05) is 12.8 Å². The molecule has 0 bridgehead atoms. The summed E-state index contributed by atoms with van der Waals surface area (Å²) in [5.74, 6) is 0.923. The predicted octanol–water partition coefficient (Wildman–Crippen LogP) is 1.41. The van der Waals surface area contributed by atoms with Gasteiger partial charge in [-0.25, -0.2) is 0 Å². The van der Waals surface area contributed by atoms with Gasteiger partial charge in [-0.15, -0.1) is 10.2 Å². The first-order valence-electron chi connectivity index (χ1n) is 4.94. The molecular formula is C9H16N4. The lowest BCUT2D eigenvalue weighted by Gasteiger charge is -2.14. The van der Waals surface area contributed by atoms with E-state index in [1.165, 1.54) is 25.7 Å². The Morgan fingerprint density at radius 3 is 2.85 bits per heavy atom. The van der Waals surface area contributed by atoms with E-state index in [2.05, 4.69) is 14.8 Å². The highest BCUT2D eigenvalue weighted by Crippen LogP contribution is 2.30. The first-order valence-corrected chi connectivity index (χ1v) is 4.94. The third kappa shape index (κ3) is 1.58. The van der Waals surface area contributed by atoms with Crippen molar-refractivity contribution in [2.45, 2.75) is 44.7 Å². The van der Waals surface area contributed by atoms with Gasteiger partial charge in [0.1, 0.15) is 12.2 Å². The molecule has 0 aromatic carbocycles. The van der Waals surface area contributed by atoms with Crippen LogP contribution < -0.4 is 5.73 Å². The molecule has 1 heterocycles. The average Bonchev–Trinajstić information content (AvgIpc) is 2.74. The van der Waals surface area contributed by atoms with E-state index in [9.17, 15) is 0 Å². The van der Waals surface area contributed by atoms with Crippen LogP contribution in [0.3, 0.4) is 0 Å². The molecule has 1 saturated carbocycles. The maximum absolute atomic E-state index is 5.80. The first-order chi connectivity index (χ1) is 6.29. The van der Waals surface area contributed by atoms with Crippen LogP contribution in [0, 0.1) is 0 Å². The number of aromatic nitrogens is 3. The van der Waals surface area contributed by atoms with Gasteiger partial charge in [0.25, 0.3) is 0 Å². The van der Waals surface area contributed by atoms with Gasteiger partial charge in [0.2, 0.25) is 0 Å². The molecule has 0 amide bonds. The van der Waals surface area contributed by atoms with Crippen LogP contribution in [-0.2, 0) is 0 Å². The van der Waals surface area contributed by atoms with Gasteiger partial charge in [0.05, 0.1) is 6.04 Å². The molecule has 4 heteroatoms. The van der Waals surface area contributed by atoms with Crippen molar-refractivity contribution in [3.05, 3.63) is 12.2 Å². The van der Waals surface area contributed by atoms with Gasteiger partial charge < -0.3 is 10.3 Å². The molecule has 72 valence electrons. The Morgan fingerprint density at radius 2 is 2.23 bits per heavy atom. The summed E-state index contributed by atoms with van der Waals surface area (Å²) in [6.07, 6.45) is 6.95. The number of nitrogens with zero attached hydrogens (tertiary/aromatic N) is 3. The third-order valence-electron chi connectivity index (χ3n) is 2.73. The maximum Gasteiger partial charge on any atom is 0.149 e. The number of rotatable bonds is 2. The number of hydrogen-bond acceptors (Lipinski definition) is 3. The first kappa shape index (κ1) is 8.69. The Balaban J connectivity index is 2.23. The SMILES string of the molecule is C[C@H](N)c1nncn1C1CCCC1. The largest absolute Gasteiger partial charge is 0.322 e. The van der Waals surface area contributed by atoms with Crippen molar-refractivity contribution in [3.63, 3.8) is 0 Å². The molecule has 1 atom stereocenters. The smallest absolute Gasteiger partial charge is 0.149 e. The molecular weight excluding hydrogens is 164 g/mol. The molecule has 1 aliphatic rings. The lowest BCUT2D eigenvalue weighted by atomic mass is 10.2. The standard InChI is InChI=1S/C9H16N4/c1-7(10)9-12-11-6-13(9)8-4-2-3-5-8/h6-8H,2-5,10H2,1H3/t7-/m0/s1. The maximum atomic E-state index is 5.80. The van der Waals surface area contributed by atoms with Gasteiger partial charge in [-0.05, 0) is 19.8 Å². The summed E-state index contributed by atoms with van der Waals surface area (Å²) in [5, 5.41) is 7.97. The van der Waals surface area contributed by atoms with E-state index >= 15 is 0 Å². The lowest BCUT2D eigenvalue weighted by molar-refractivity contribution is 0.483. The van der Waals surface area contributed by atoms with Crippen LogP contribution in [0.1, 0.15) is 50.5 Å². The van der Waals surface area contributed by atoms with Crippen LogP contribution in [0.15, 0.2) is 6.33 Å². The van der Waals surface area contributed by atoms with E-state index in [1.807, 2.05) is 13.3 Å². The minimum Gasteiger partial charge on any atom is -0.322 e. The van der Waals surface area contributed by atoms with Crippen LogP contribution in [0.25, 0.3) is 0 Å². The molecule has 0 aliphatic heterocycles. The van der Waals surface area contributed by atoms with Crippen LogP contribution in [-0.4, -0.2) is 14.8 Å². The fourth-order valence-electron chi connectivity index (χ4n) is 2.04. The zero-order valence-electron chi connectivity index (χ0n) is 7.98. The number of hydrogen-bond donors (Lipinski definition) is 1. The number of nitrogens with two attached hydrogens (primary N) is 1. The Kier molecular flexibility index (Phi) is 2.31. The van der Waals surface area contributed by atoms with Gasteiger partial charge in [0.15, 0.2) is 0 Å².